The van der Waals surface area contributed by atoms with E-state index in [4.69, 9.17) is 24.0 Å². The van der Waals surface area contributed by atoms with E-state index < -0.39 is 0 Å². The molecular formula is C25H30N2O6S. The molecule has 0 saturated heterocycles. The zero-order chi connectivity index (χ0) is 24.5. The van der Waals surface area contributed by atoms with E-state index in [2.05, 4.69) is 0 Å². The van der Waals surface area contributed by atoms with Crippen LogP contribution in [0.25, 0.3) is 0 Å². The summed E-state index contributed by atoms with van der Waals surface area (Å²) in [6.07, 6.45) is 0.786. The van der Waals surface area contributed by atoms with Gasteiger partial charge in [-0.05, 0) is 42.8 Å². The maximum absolute atomic E-state index is 13.2. The van der Waals surface area contributed by atoms with Gasteiger partial charge in [0, 0.05) is 17.7 Å². The van der Waals surface area contributed by atoms with Gasteiger partial charge in [0.2, 0.25) is 0 Å². The fourth-order valence-corrected chi connectivity index (χ4v) is 4.49. The Morgan fingerprint density at radius 1 is 1.06 bits per heavy atom. The molecule has 2 aromatic rings. The maximum Gasteiger partial charge on any atom is 0.306 e. The van der Waals surface area contributed by atoms with E-state index in [1.807, 2.05) is 42.5 Å². The summed E-state index contributed by atoms with van der Waals surface area (Å²) in [5, 5.41) is 6.23. The third kappa shape index (κ3) is 6.02. The molecule has 0 spiro atoms. The number of ether oxygens (including phenoxy) is 4. The first-order chi connectivity index (χ1) is 16.5. The van der Waals surface area contributed by atoms with E-state index >= 15 is 0 Å². The number of esters is 1. The SMILES string of the molecule is CCOC(=O)CCSCC(=O)N1N=C(c2ccc(OC)cc2)CC1c1cccc(OC)c1OC. The van der Waals surface area contributed by atoms with Gasteiger partial charge in [-0.25, -0.2) is 5.01 Å². The van der Waals surface area contributed by atoms with E-state index in [1.54, 1.807) is 28.3 Å². The van der Waals surface area contributed by atoms with Crippen LogP contribution in [-0.2, 0) is 14.3 Å². The number of rotatable bonds is 11. The molecule has 1 aliphatic rings. The van der Waals surface area contributed by atoms with Gasteiger partial charge in [-0.1, -0.05) is 12.1 Å². The number of thioether (sulfide) groups is 1. The van der Waals surface area contributed by atoms with Crippen molar-refractivity contribution < 1.29 is 28.5 Å². The Morgan fingerprint density at radius 3 is 2.47 bits per heavy atom. The summed E-state index contributed by atoms with van der Waals surface area (Å²) >= 11 is 1.39. The van der Waals surface area contributed by atoms with Crippen molar-refractivity contribution in [2.24, 2.45) is 5.10 Å². The van der Waals surface area contributed by atoms with Crippen LogP contribution in [0.5, 0.6) is 17.2 Å². The number of para-hydroxylation sites is 1. The molecule has 0 fully saturated rings. The zero-order valence-electron chi connectivity index (χ0n) is 19.9. The fraction of sp³-hybridized carbons (Fsp3) is 0.400. The van der Waals surface area contributed by atoms with Gasteiger partial charge in [0.1, 0.15) is 5.75 Å². The maximum atomic E-state index is 13.2. The van der Waals surface area contributed by atoms with Crippen LogP contribution in [0.3, 0.4) is 0 Å². The summed E-state index contributed by atoms with van der Waals surface area (Å²) in [6.45, 7) is 2.12. The third-order valence-electron chi connectivity index (χ3n) is 5.36. The minimum absolute atomic E-state index is 0.146. The average Bonchev–Trinajstić information content (AvgIpc) is 3.31. The van der Waals surface area contributed by atoms with Crippen molar-refractivity contribution >= 4 is 29.4 Å². The van der Waals surface area contributed by atoms with Crippen LogP contribution >= 0.6 is 11.8 Å². The van der Waals surface area contributed by atoms with E-state index in [9.17, 15) is 9.59 Å². The number of hydrogen-bond acceptors (Lipinski definition) is 8. The van der Waals surface area contributed by atoms with Crippen molar-refractivity contribution in [2.75, 3.05) is 39.4 Å². The summed E-state index contributed by atoms with van der Waals surface area (Å²) in [5.74, 6) is 2.21. The van der Waals surface area contributed by atoms with Crippen LogP contribution in [0.1, 0.15) is 36.9 Å². The number of benzene rings is 2. The first-order valence-electron chi connectivity index (χ1n) is 11.0. The molecule has 0 N–H and O–H groups in total. The highest BCUT2D eigenvalue weighted by atomic mass is 32.2. The van der Waals surface area contributed by atoms with E-state index in [0.29, 0.717) is 30.3 Å². The molecule has 0 bridgehead atoms. The number of nitrogens with zero attached hydrogens (tertiary/aromatic N) is 2. The molecular weight excluding hydrogens is 456 g/mol. The Kier molecular flexibility index (Phi) is 9.21. The largest absolute Gasteiger partial charge is 0.497 e. The molecule has 0 aromatic heterocycles. The molecule has 0 saturated carbocycles. The van der Waals surface area contributed by atoms with Crippen LogP contribution < -0.4 is 14.2 Å². The molecule has 1 heterocycles. The molecule has 1 aliphatic heterocycles. The average molecular weight is 487 g/mol. The van der Waals surface area contributed by atoms with Crippen molar-refractivity contribution in [1.82, 2.24) is 5.01 Å². The molecule has 2 aromatic carbocycles. The summed E-state index contributed by atoms with van der Waals surface area (Å²) < 4.78 is 21.3. The topological polar surface area (TPSA) is 86.7 Å². The van der Waals surface area contributed by atoms with Gasteiger partial charge in [-0.15, -0.1) is 0 Å². The van der Waals surface area contributed by atoms with E-state index in [1.165, 1.54) is 16.8 Å². The Hall–Kier alpha value is -3.20. The number of amides is 1. The number of hydrogen-bond donors (Lipinski definition) is 0. The zero-order valence-corrected chi connectivity index (χ0v) is 20.7. The highest BCUT2D eigenvalue weighted by Crippen LogP contribution is 2.42. The molecule has 9 heteroatoms. The second kappa shape index (κ2) is 12.3. The highest BCUT2D eigenvalue weighted by Gasteiger charge is 2.35. The summed E-state index contributed by atoms with van der Waals surface area (Å²) in [6, 6.07) is 12.9. The molecule has 1 atom stereocenters. The predicted octanol–water partition coefficient (Wildman–Crippen LogP) is 4.08. The lowest BCUT2D eigenvalue weighted by Crippen LogP contribution is -2.29. The van der Waals surface area contributed by atoms with Crippen LogP contribution in [-0.4, -0.2) is 62.0 Å². The Morgan fingerprint density at radius 2 is 1.82 bits per heavy atom. The summed E-state index contributed by atoms with van der Waals surface area (Å²) in [4.78, 5) is 24.8. The van der Waals surface area contributed by atoms with Gasteiger partial charge in [0.15, 0.2) is 11.5 Å². The smallest absolute Gasteiger partial charge is 0.306 e. The van der Waals surface area contributed by atoms with Gasteiger partial charge in [0.05, 0.1) is 51.9 Å². The fourth-order valence-electron chi connectivity index (χ4n) is 3.73. The van der Waals surface area contributed by atoms with Crippen LogP contribution in [0.15, 0.2) is 47.6 Å². The minimum atomic E-state index is -0.347. The summed E-state index contributed by atoms with van der Waals surface area (Å²) in [7, 11) is 4.78. The first kappa shape index (κ1) is 25.4. The Balaban J connectivity index is 1.84. The monoisotopic (exact) mass is 486 g/mol. The van der Waals surface area contributed by atoms with Gasteiger partial charge in [0.25, 0.3) is 5.91 Å². The van der Waals surface area contributed by atoms with Crippen molar-refractivity contribution in [1.29, 1.82) is 0 Å². The van der Waals surface area contributed by atoms with Gasteiger partial charge >= 0.3 is 5.97 Å². The van der Waals surface area contributed by atoms with Gasteiger partial charge in [-0.3, -0.25) is 9.59 Å². The van der Waals surface area contributed by atoms with E-state index in [0.717, 1.165) is 22.6 Å². The predicted molar refractivity (Wildman–Crippen MR) is 132 cm³/mol. The minimum Gasteiger partial charge on any atom is -0.497 e. The number of carbonyl (C=O) groups excluding carboxylic acids is 2. The van der Waals surface area contributed by atoms with Crippen LogP contribution in [0, 0.1) is 0 Å². The molecule has 1 amide bonds. The molecule has 0 radical (unpaired) electrons. The number of carbonyl (C=O) groups is 2. The summed E-state index contributed by atoms with van der Waals surface area (Å²) in [5.41, 5.74) is 2.53. The van der Waals surface area contributed by atoms with Crippen LogP contribution in [0.4, 0.5) is 0 Å². The molecule has 34 heavy (non-hydrogen) atoms. The lowest BCUT2D eigenvalue weighted by Gasteiger charge is -2.24. The number of methoxy groups -OCH3 is 3. The Bertz CT molecular complexity index is 1020. The Labute approximate surface area is 204 Å². The van der Waals surface area contributed by atoms with Gasteiger partial charge in [-0.2, -0.15) is 16.9 Å². The second-order valence-electron chi connectivity index (χ2n) is 7.42. The van der Waals surface area contributed by atoms with Gasteiger partial charge < -0.3 is 18.9 Å². The normalized spacial score (nSPS) is 15.0. The third-order valence-corrected chi connectivity index (χ3v) is 6.31. The quantitative estimate of drug-likeness (QED) is 0.349. The number of hydrazone groups is 1. The van der Waals surface area contributed by atoms with Crippen LogP contribution in [0.2, 0.25) is 0 Å². The first-order valence-corrected chi connectivity index (χ1v) is 12.2. The lowest BCUT2D eigenvalue weighted by atomic mass is 9.97. The van der Waals surface area contributed by atoms with Crippen molar-refractivity contribution in [3.05, 3.63) is 53.6 Å². The van der Waals surface area contributed by atoms with Crippen molar-refractivity contribution in [3.8, 4) is 17.2 Å². The van der Waals surface area contributed by atoms with E-state index in [-0.39, 0.29) is 30.1 Å². The van der Waals surface area contributed by atoms with Crippen molar-refractivity contribution in [3.63, 3.8) is 0 Å². The highest BCUT2D eigenvalue weighted by molar-refractivity contribution is 7.99. The molecule has 1 unspecified atom stereocenters. The van der Waals surface area contributed by atoms with Crippen molar-refractivity contribution in [2.45, 2.75) is 25.8 Å². The molecule has 182 valence electrons. The molecule has 8 nitrogen and oxygen atoms in total. The lowest BCUT2D eigenvalue weighted by molar-refractivity contribution is -0.142. The standard InChI is InChI=1S/C25H30N2O6S/c1-5-33-24(29)13-14-34-16-23(28)27-21(19-7-6-8-22(31-3)25(19)32-4)15-20(26-27)17-9-11-18(30-2)12-10-17/h6-12,21H,5,13-16H2,1-4H3. The second-order valence-corrected chi connectivity index (χ2v) is 8.53. The molecule has 3 rings (SSSR count). The molecule has 0 aliphatic carbocycles.